The predicted molar refractivity (Wildman–Crippen MR) is 101 cm³/mol. The summed E-state index contributed by atoms with van der Waals surface area (Å²) in [5.41, 5.74) is -1.26. The van der Waals surface area contributed by atoms with Crippen molar-refractivity contribution in [3.8, 4) is 0 Å². The number of H-pyrrole nitrogens is 1. The summed E-state index contributed by atoms with van der Waals surface area (Å²) in [6, 6.07) is 1.46. The third-order valence-corrected chi connectivity index (χ3v) is 6.45. The van der Waals surface area contributed by atoms with E-state index in [4.69, 9.17) is 13.8 Å². The van der Waals surface area contributed by atoms with E-state index in [1.165, 1.54) is 13.3 Å². The highest BCUT2D eigenvalue weighted by atomic mass is 31.2. The molecule has 27 heavy (non-hydrogen) atoms. The molecular formula is C17H29FN3O5P. The quantitative estimate of drug-likeness (QED) is 0.669. The van der Waals surface area contributed by atoms with E-state index in [9.17, 15) is 9.59 Å². The zero-order chi connectivity index (χ0) is 20.3. The van der Waals surface area contributed by atoms with Gasteiger partial charge in [0.15, 0.2) is 12.4 Å². The van der Waals surface area contributed by atoms with E-state index in [2.05, 4.69) is 4.98 Å². The van der Waals surface area contributed by atoms with Gasteiger partial charge in [-0.15, -0.1) is 0 Å². The largest absolute Gasteiger partial charge is 0.349 e. The van der Waals surface area contributed by atoms with Crippen molar-refractivity contribution in [1.82, 2.24) is 14.2 Å². The summed E-state index contributed by atoms with van der Waals surface area (Å²) in [4.78, 5) is 25.4. The molecule has 2 rings (SSSR count). The van der Waals surface area contributed by atoms with Crippen LogP contribution in [0.5, 0.6) is 0 Å². The fraction of sp³-hybridized carbons (Fsp3) is 0.765. The van der Waals surface area contributed by atoms with Crippen LogP contribution in [0.2, 0.25) is 0 Å². The molecule has 5 atom stereocenters. The molecule has 0 spiro atoms. The zero-order valence-electron chi connectivity index (χ0n) is 16.6. The van der Waals surface area contributed by atoms with Gasteiger partial charge in [-0.1, -0.05) is 6.92 Å². The second kappa shape index (κ2) is 9.39. The molecule has 2 unspecified atom stereocenters. The number of aromatic nitrogens is 2. The molecule has 2 heterocycles. The molecule has 0 radical (unpaired) electrons. The van der Waals surface area contributed by atoms with Crippen molar-refractivity contribution in [3.05, 3.63) is 33.1 Å². The van der Waals surface area contributed by atoms with E-state index in [1.54, 1.807) is 0 Å². The molecule has 1 aliphatic rings. The maximum Gasteiger partial charge on any atom is 0.330 e. The number of hydrogen-bond acceptors (Lipinski definition) is 6. The Morgan fingerprint density at radius 3 is 2.44 bits per heavy atom. The molecule has 1 aliphatic heterocycles. The van der Waals surface area contributed by atoms with Crippen molar-refractivity contribution in [3.63, 3.8) is 0 Å². The first kappa shape index (κ1) is 22.2. The van der Waals surface area contributed by atoms with Crippen LogP contribution in [0.25, 0.3) is 0 Å². The lowest BCUT2D eigenvalue weighted by Gasteiger charge is -2.36. The maximum absolute atomic E-state index is 15.3. The normalized spacial score (nSPS) is 27.0. The van der Waals surface area contributed by atoms with Crippen LogP contribution in [-0.2, 0) is 13.8 Å². The third-order valence-electron chi connectivity index (χ3n) is 4.41. The van der Waals surface area contributed by atoms with E-state index >= 15 is 4.39 Å². The van der Waals surface area contributed by atoms with Gasteiger partial charge in [0.1, 0.15) is 6.10 Å². The van der Waals surface area contributed by atoms with Crippen LogP contribution in [0.1, 0.15) is 47.3 Å². The number of aromatic amines is 1. The van der Waals surface area contributed by atoms with Gasteiger partial charge in [-0.25, -0.2) is 13.9 Å². The minimum Gasteiger partial charge on any atom is -0.349 e. The SMILES string of the molecule is CC[C@H]1O[C@@H](n2ccc(=O)[nH]c2=O)[C@@H](F)C1OP(OC)N(C(C)C)C(C)C. The lowest BCUT2D eigenvalue weighted by Crippen LogP contribution is -2.38. The van der Waals surface area contributed by atoms with Gasteiger partial charge in [0.2, 0.25) is 0 Å². The van der Waals surface area contributed by atoms with E-state index < -0.39 is 44.4 Å². The van der Waals surface area contributed by atoms with Gasteiger partial charge < -0.3 is 13.8 Å². The highest BCUT2D eigenvalue weighted by Crippen LogP contribution is 2.50. The van der Waals surface area contributed by atoms with Gasteiger partial charge in [0, 0.05) is 31.5 Å². The van der Waals surface area contributed by atoms with Crippen LogP contribution in [0.4, 0.5) is 4.39 Å². The number of rotatable bonds is 8. The minimum absolute atomic E-state index is 0.147. The first-order valence-electron chi connectivity index (χ1n) is 9.11. The Balaban J connectivity index is 2.27. The average molecular weight is 405 g/mol. The molecule has 0 bridgehead atoms. The van der Waals surface area contributed by atoms with Gasteiger partial charge in [-0.3, -0.25) is 14.3 Å². The van der Waals surface area contributed by atoms with Gasteiger partial charge in [0.05, 0.1) is 6.10 Å². The Labute approximate surface area is 159 Å². The van der Waals surface area contributed by atoms with Crippen molar-refractivity contribution in [2.45, 2.75) is 77.7 Å². The summed E-state index contributed by atoms with van der Waals surface area (Å²) >= 11 is 0. The number of nitrogens with zero attached hydrogens (tertiary/aromatic N) is 2. The van der Waals surface area contributed by atoms with Crippen LogP contribution in [0.15, 0.2) is 21.9 Å². The van der Waals surface area contributed by atoms with Crippen LogP contribution >= 0.6 is 8.53 Å². The first-order chi connectivity index (χ1) is 12.7. The summed E-state index contributed by atoms with van der Waals surface area (Å²) in [5.74, 6) is 0. The van der Waals surface area contributed by atoms with Crippen molar-refractivity contribution >= 4 is 8.53 Å². The van der Waals surface area contributed by atoms with E-state index in [1.807, 2.05) is 39.3 Å². The second-order valence-corrected chi connectivity index (χ2v) is 8.51. The lowest BCUT2D eigenvalue weighted by atomic mass is 10.1. The van der Waals surface area contributed by atoms with Gasteiger partial charge in [-0.2, -0.15) is 0 Å². The molecule has 1 fully saturated rings. The summed E-state index contributed by atoms with van der Waals surface area (Å²) in [6.07, 6.45) is -2.42. The topological polar surface area (TPSA) is 85.8 Å². The van der Waals surface area contributed by atoms with E-state index in [-0.39, 0.29) is 12.1 Å². The number of halogens is 1. The maximum atomic E-state index is 15.3. The molecule has 10 heteroatoms. The van der Waals surface area contributed by atoms with E-state index in [0.29, 0.717) is 6.42 Å². The minimum atomic E-state index is -1.58. The predicted octanol–water partition coefficient (Wildman–Crippen LogP) is 2.56. The van der Waals surface area contributed by atoms with Crippen LogP contribution in [-0.4, -0.2) is 51.8 Å². The summed E-state index contributed by atoms with van der Waals surface area (Å²) in [5, 5.41) is 0. The summed E-state index contributed by atoms with van der Waals surface area (Å²) < 4.78 is 35.7. The Morgan fingerprint density at radius 2 is 1.96 bits per heavy atom. The third kappa shape index (κ3) is 4.84. The average Bonchev–Trinajstić information content (AvgIpc) is 2.89. The molecule has 0 amide bonds. The second-order valence-electron chi connectivity index (χ2n) is 6.99. The highest BCUT2D eigenvalue weighted by Gasteiger charge is 2.48. The molecule has 1 saturated heterocycles. The van der Waals surface area contributed by atoms with Crippen molar-refractivity contribution in [2.75, 3.05) is 7.11 Å². The fourth-order valence-electron chi connectivity index (χ4n) is 3.27. The molecule has 1 N–H and O–H groups in total. The Morgan fingerprint density at radius 1 is 1.33 bits per heavy atom. The first-order valence-corrected chi connectivity index (χ1v) is 10.2. The smallest absolute Gasteiger partial charge is 0.330 e. The van der Waals surface area contributed by atoms with Crippen LogP contribution in [0.3, 0.4) is 0 Å². The van der Waals surface area contributed by atoms with Gasteiger partial charge >= 0.3 is 5.69 Å². The van der Waals surface area contributed by atoms with Gasteiger partial charge in [-0.05, 0) is 34.1 Å². The molecule has 154 valence electrons. The molecule has 0 aliphatic carbocycles. The monoisotopic (exact) mass is 405 g/mol. The number of hydrogen-bond donors (Lipinski definition) is 1. The molecule has 0 saturated carbocycles. The summed E-state index contributed by atoms with van der Waals surface area (Å²) in [6.45, 7) is 9.96. The van der Waals surface area contributed by atoms with Gasteiger partial charge in [0.25, 0.3) is 14.1 Å². The molecule has 8 nitrogen and oxygen atoms in total. The van der Waals surface area contributed by atoms with Crippen LogP contribution in [0, 0.1) is 0 Å². The number of alkyl halides is 1. The van der Waals surface area contributed by atoms with Crippen molar-refractivity contribution in [2.24, 2.45) is 0 Å². The highest BCUT2D eigenvalue weighted by molar-refractivity contribution is 7.44. The number of ether oxygens (including phenoxy) is 1. The summed E-state index contributed by atoms with van der Waals surface area (Å²) in [7, 11) is 0.0357. The zero-order valence-corrected chi connectivity index (χ0v) is 17.5. The molecule has 0 aromatic carbocycles. The van der Waals surface area contributed by atoms with Crippen LogP contribution < -0.4 is 11.2 Å². The Bertz CT molecular complexity index is 717. The molecular weight excluding hydrogens is 376 g/mol. The fourth-order valence-corrected chi connectivity index (χ4v) is 4.87. The lowest BCUT2D eigenvalue weighted by molar-refractivity contribution is -0.0272. The van der Waals surface area contributed by atoms with Crippen molar-refractivity contribution < 1.29 is 18.2 Å². The molecule has 1 aromatic rings. The number of nitrogens with one attached hydrogen (secondary N) is 1. The molecule has 1 aromatic heterocycles. The standard InChI is InChI=1S/C17H29FN3O5P/c1-7-12-15(26-27(24-6)21(10(2)3)11(4)5)14(18)16(25-12)20-9-8-13(22)19-17(20)23/h8-12,14-16H,7H2,1-6H3,(H,19,22,23)/t12-,14+,15?,16-,27?/m1/s1. The Hall–Kier alpha value is -1.12. The van der Waals surface area contributed by atoms with E-state index in [0.717, 1.165) is 10.6 Å². The van der Waals surface area contributed by atoms with Crippen molar-refractivity contribution in [1.29, 1.82) is 0 Å². The Kier molecular flexibility index (Phi) is 7.71.